The number of nitriles is 1. The number of hydrogen-bond donors (Lipinski definition) is 4. The van der Waals surface area contributed by atoms with Gasteiger partial charge in [0, 0.05) is 0 Å². The molecular weight excluding hydrogens is 136 g/mol. The first kappa shape index (κ1) is 6.80. The van der Waals surface area contributed by atoms with Crippen molar-refractivity contribution in [1.82, 2.24) is 10.6 Å². The van der Waals surface area contributed by atoms with Gasteiger partial charge in [-0.25, -0.2) is 4.99 Å². The summed E-state index contributed by atoms with van der Waals surface area (Å²) in [4.78, 5) is 3.44. The maximum Gasteiger partial charge on any atom is 0.209 e. The molecular formula is C4H6N4O2. The molecule has 4 N–H and O–H groups in total. The van der Waals surface area contributed by atoms with Crippen LogP contribution in [0.25, 0.3) is 0 Å². The number of aliphatic hydroxyl groups is 2. The average Bonchev–Trinajstić information content (AvgIpc) is 2.14. The van der Waals surface area contributed by atoms with Crippen molar-refractivity contribution in [3.05, 3.63) is 0 Å². The highest BCUT2D eigenvalue weighted by Crippen LogP contribution is 1.98. The van der Waals surface area contributed by atoms with Crippen molar-refractivity contribution < 1.29 is 10.2 Å². The van der Waals surface area contributed by atoms with Gasteiger partial charge >= 0.3 is 0 Å². The maximum absolute atomic E-state index is 8.77. The van der Waals surface area contributed by atoms with Gasteiger partial charge in [-0.15, -0.1) is 0 Å². The lowest BCUT2D eigenvalue weighted by molar-refractivity contribution is 0.0286. The summed E-state index contributed by atoms with van der Waals surface area (Å²) in [6, 6.07) is 0. The van der Waals surface area contributed by atoms with Crippen molar-refractivity contribution in [3.8, 4) is 6.19 Å². The molecule has 0 aromatic rings. The molecule has 0 aliphatic carbocycles. The fraction of sp³-hybridized carbons (Fsp3) is 0.500. The number of nitrogens with one attached hydrogen (secondary N) is 2. The molecule has 0 fully saturated rings. The smallest absolute Gasteiger partial charge is 0.209 e. The summed E-state index contributed by atoms with van der Waals surface area (Å²) in [5, 5.41) is 30.0. The van der Waals surface area contributed by atoms with E-state index >= 15 is 0 Å². The van der Waals surface area contributed by atoms with Crippen molar-refractivity contribution >= 4 is 5.96 Å². The first-order chi connectivity index (χ1) is 4.74. The molecule has 6 nitrogen and oxygen atoms in total. The third-order valence-electron chi connectivity index (χ3n) is 1.00. The third-order valence-corrected chi connectivity index (χ3v) is 1.00. The molecule has 2 atom stereocenters. The first-order valence-corrected chi connectivity index (χ1v) is 2.59. The highest BCUT2D eigenvalue weighted by Gasteiger charge is 2.23. The molecule has 10 heavy (non-hydrogen) atoms. The lowest BCUT2D eigenvalue weighted by atomic mass is 10.5. The van der Waals surface area contributed by atoms with Crippen LogP contribution < -0.4 is 10.6 Å². The first-order valence-electron chi connectivity index (χ1n) is 2.59. The molecule has 0 amide bonds. The quantitative estimate of drug-likeness (QED) is 0.224. The van der Waals surface area contributed by atoms with Gasteiger partial charge in [-0.2, -0.15) is 5.26 Å². The topological polar surface area (TPSA) is 101 Å². The molecule has 1 aliphatic heterocycles. The van der Waals surface area contributed by atoms with E-state index in [9.17, 15) is 0 Å². The molecule has 2 unspecified atom stereocenters. The van der Waals surface area contributed by atoms with Crippen LogP contribution in [0.15, 0.2) is 4.99 Å². The summed E-state index contributed by atoms with van der Waals surface area (Å²) in [5.74, 6) is 0.0856. The second-order valence-corrected chi connectivity index (χ2v) is 1.72. The molecule has 0 radical (unpaired) electrons. The Balaban J connectivity index is 2.52. The average molecular weight is 142 g/mol. The van der Waals surface area contributed by atoms with E-state index in [0.29, 0.717) is 0 Å². The zero-order valence-electron chi connectivity index (χ0n) is 4.94. The van der Waals surface area contributed by atoms with E-state index in [1.165, 1.54) is 0 Å². The highest BCUT2D eigenvalue weighted by molar-refractivity contribution is 5.82. The molecule has 0 aromatic carbocycles. The van der Waals surface area contributed by atoms with Crippen LogP contribution in [0.5, 0.6) is 0 Å². The predicted octanol–water partition coefficient (Wildman–Crippen LogP) is -2.35. The van der Waals surface area contributed by atoms with Crippen molar-refractivity contribution in [2.45, 2.75) is 12.5 Å². The fourth-order valence-electron chi connectivity index (χ4n) is 0.576. The van der Waals surface area contributed by atoms with Gasteiger partial charge in [0.15, 0.2) is 18.6 Å². The lowest BCUT2D eigenvalue weighted by Gasteiger charge is -2.04. The Hall–Kier alpha value is -1.32. The monoisotopic (exact) mass is 142 g/mol. The van der Waals surface area contributed by atoms with Gasteiger partial charge in [0.05, 0.1) is 0 Å². The third kappa shape index (κ3) is 1.15. The van der Waals surface area contributed by atoms with Crippen LogP contribution in [0, 0.1) is 11.5 Å². The van der Waals surface area contributed by atoms with E-state index in [2.05, 4.69) is 15.6 Å². The molecule has 0 aromatic heterocycles. The number of rotatable bonds is 0. The summed E-state index contributed by atoms with van der Waals surface area (Å²) < 4.78 is 0. The van der Waals surface area contributed by atoms with Gasteiger partial charge < -0.3 is 15.5 Å². The van der Waals surface area contributed by atoms with E-state index in [-0.39, 0.29) is 5.96 Å². The second kappa shape index (κ2) is 2.51. The van der Waals surface area contributed by atoms with Gasteiger partial charge in [-0.1, -0.05) is 0 Å². The Labute approximate surface area is 56.8 Å². The number of hydrogen-bond acceptors (Lipinski definition) is 6. The molecule has 0 spiro atoms. The van der Waals surface area contributed by atoms with E-state index in [4.69, 9.17) is 15.5 Å². The maximum atomic E-state index is 8.77. The summed E-state index contributed by atoms with van der Waals surface area (Å²) in [6.07, 6.45) is -0.714. The van der Waals surface area contributed by atoms with Crippen molar-refractivity contribution in [1.29, 1.82) is 5.26 Å². The summed E-state index contributed by atoms with van der Waals surface area (Å²) in [6.45, 7) is 0. The Kier molecular flexibility index (Phi) is 1.71. The number of aliphatic hydroxyl groups excluding tert-OH is 2. The van der Waals surface area contributed by atoms with Crippen LogP contribution in [0.4, 0.5) is 0 Å². The molecule has 6 heteroatoms. The Bertz CT molecular complexity index is 196. The van der Waals surface area contributed by atoms with E-state index in [0.717, 1.165) is 0 Å². The standard InChI is InChI=1S/C4H6N4O2/c5-1-6-4-7-2(9)3(10)8-4/h2-3,9-10H,(H2,6,7,8). The Morgan fingerprint density at radius 3 is 2.80 bits per heavy atom. The molecule has 1 aliphatic rings. The minimum Gasteiger partial charge on any atom is -0.369 e. The minimum absolute atomic E-state index is 0.0856. The predicted molar refractivity (Wildman–Crippen MR) is 31.3 cm³/mol. The molecule has 54 valence electrons. The van der Waals surface area contributed by atoms with Crippen molar-refractivity contribution in [3.63, 3.8) is 0 Å². The Morgan fingerprint density at radius 2 is 2.40 bits per heavy atom. The molecule has 0 saturated heterocycles. The van der Waals surface area contributed by atoms with E-state index in [1.807, 2.05) is 0 Å². The zero-order valence-corrected chi connectivity index (χ0v) is 4.94. The van der Waals surface area contributed by atoms with Crippen LogP contribution >= 0.6 is 0 Å². The van der Waals surface area contributed by atoms with Crippen molar-refractivity contribution in [2.24, 2.45) is 4.99 Å². The van der Waals surface area contributed by atoms with Crippen molar-refractivity contribution in [2.75, 3.05) is 0 Å². The van der Waals surface area contributed by atoms with Crippen LogP contribution in [0.3, 0.4) is 0 Å². The van der Waals surface area contributed by atoms with E-state index < -0.39 is 12.5 Å². The second-order valence-electron chi connectivity index (χ2n) is 1.72. The normalized spacial score (nSPS) is 30.3. The summed E-state index contributed by atoms with van der Waals surface area (Å²) in [7, 11) is 0. The minimum atomic E-state index is -1.18. The van der Waals surface area contributed by atoms with Crippen LogP contribution in [-0.4, -0.2) is 28.6 Å². The van der Waals surface area contributed by atoms with Gasteiger partial charge in [0.25, 0.3) is 0 Å². The molecule has 1 heterocycles. The number of aliphatic imine (C=N–C) groups is 1. The zero-order chi connectivity index (χ0) is 7.56. The van der Waals surface area contributed by atoms with E-state index in [1.54, 1.807) is 6.19 Å². The Morgan fingerprint density at radius 1 is 1.70 bits per heavy atom. The van der Waals surface area contributed by atoms with Crippen LogP contribution in [-0.2, 0) is 0 Å². The molecule has 1 rings (SSSR count). The van der Waals surface area contributed by atoms with Gasteiger partial charge in [-0.05, 0) is 0 Å². The molecule has 0 bridgehead atoms. The number of nitrogens with zero attached hydrogens (tertiary/aromatic N) is 2. The highest BCUT2D eigenvalue weighted by atomic mass is 16.4. The van der Waals surface area contributed by atoms with Crippen LogP contribution in [0.2, 0.25) is 0 Å². The molecule has 0 saturated carbocycles. The van der Waals surface area contributed by atoms with Crippen LogP contribution in [0.1, 0.15) is 0 Å². The van der Waals surface area contributed by atoms with Gasteiger partial charge in [0.1, 0.15) is 0 Å². The fourth-order valence-corrected chi connectivity index (χ4v) is 0.576. The SMILES string of the molecule is N#CNC1=NC(O)C(O)N1. The lowest BCUT2D eigenvalue weighted by Crippen LogP contribution is -2.38. The van der Waals surface area contributed by atoms with Gasteiger partial charge in [0.2, 0.25) is 5.96 Å². The number of guanidine groups is 1. The summed E-state index contributed by atoms with van der Waals surface area (Å²) >= 11 is 0. The summed E-state index contributed by atoms with van der Waals surface area (Å²) in [5.41, 5.74) is 0. The van der Waals surface area contributed by atoms with Gasteiger partial charge in [-0.3, -0.25) is 5.32 Å². The largest absolute Gasteiger partial charge is 0.369 e.